The van der Waals surface area contributed by atoms with E-state index in [2.05, 4.69) is 18.7 Å². The van der Waals surface area contributed by atoms with Gasteiger partial charge in [0.1, 0.15) is 0 Å². The van der Waals surface area contributed by atoms with Crippen molar-refractivity contribution in [3.8, 4) is 0 Å². The first-order valence-electron chi connectivity index (χ1n) is 5.59. The van der Waals surface area contributed by atoms with Crippen LogP contribution in [0.4, 0.5) is 0 Å². The van der Waals surface area contributed by atoms with E-state index in [1.165, 1.54) is 32.4 Å². The summed E-state index contributed by atoms with van der Waals surface area (Å²) in [5, 5.41) is 0. The van der Waals surface area contributed by atoms with Crippen LogP contribution in [0.2, 0.25) is 0 Å². The van der Waals surface area contributed by atoms with Crippen LogP contribution in [0.1, 0.15) is 33.1 Å². The van der Waals surface area contributed by atoms with Crippen LogP contribution in [-0.4, -0.2) is 30.6 Å². The summed E-state index contributed by atoms with van der Waals surface area (Å²) in [7, 11) is 0. The van der Waals surface area contributed by atoms with Crippen LogP contribution in [0.15, 0.2) is 0 Å². The second-order valence-corrected chi connectivity index (χ2v) is 5.42. The number of nitrogens with zero attached hydrogens (tertiary/aromatic N) is 1. The van der Waals surface area contributed by atoms with Gasteiger partial charge in [-0.05, 0) is 30.6 Å². The lowest BCUT2D eigenvalue weighted by molar-refractivity contribution is 0.0311. The molecule has 0 amide bonds. The molecule has 2 heteroatoms. The van der Waals surface area contributed by atoms with E-state index in [0.29, 0.717) is 6.04 Å². The van der Waals surface area contributed by atoms with E-state index in [4.69, 9.17) is 5.73 Å². The van der Waals surface area contributed by atoms with Crippen molar-refractivity contribution < 1.29 is 0 Å². The van der Waals surface area contributed by atoms with Gasteiger partial charge in [0, 0.05) is 25.7 Å². The summed E-state index contributed by atoms with van der Waals surface area (Å²) < 4.78 is 0. The van der Waals surface area contributed by atoms with Gasteiger partial charge in [0.2, 0.25) is 0 Å². The Morgan fingerprint density at radius 2 is 1.92 bits per heavy atom. The fourth-order valence-corrected chi connectivity index (χ4v) is 2.51. The van der Waals surface area contributed by atoms with Gasteiger partial charge in [0.15, 0.2) is 0 Å². The molecule has 1 atom stereocenters. The van der Waals surface area contributed by atoms with Crippen molar-refractivity contribution in [3.63, 3.8) is 0 Å². The van der Waals surface area contributed by atoms with Gasteiger partial charge in [-0.25, -0.2) is 0 Å². The highest BCUT2D eigenvalue weighted by atomic mass is 15.3. The molecule has 1 saturated heterocycles. The van der Waals surface area contributed by atoms with Crippen LogP contribution < -0.4 is 5.73 Å². The largest absolute Gasteiger partial charge is 0.329 e. The van der Waals surface area contributed by atoms with Gasteiger partial charge < -0.3 is 5.73 Å². The number of nitrogens with two attached hydrogens (primary N) is 1. The lowest BCUT2D eigenvalue weighted by Gasteiger charge is -2.45. The van der Waals surface area contributed by atoms with Crippen molar-refractivity contribution in [3.05, 3.63) is 0 Å². The number of rotatable bonds is 4. The molecule has 1 aliphatic heterocycles. The maximum absolute atomic E-state index is 5.80. The smallest absolute Gasteiger partial charge is 0.0221 e. The summed E-state index contributed by atoms with van der Waals surface area (Å²) in [6.07, 6.45) is 4.22. The van der Waals surface area contributed by atoms with Crippen molar-refractivity contribution in [2.24, 2.45) is 17.1 Å². The molecule has 13 heavy (non-hydrogen) atoms. The third kappa shape index (κ3) is 1.89. The lowest BCUT2D eigenvalue weighted by atomic mass is 9.91. The van der Waals surface area contributed by atoms with E-state index < -0.39 is 0 Å². The predicted molar refractivity (Wildman–Crippen MR) is 55.5 cm³/mol. The predicted octanol–water partition coefficient (Wildman–Crippen LogP) is 1.46. The molecule has 2 aliphatic rings. The standard InChI is InChI=1S/C11H22N2/c1-9(2)5-10(6-12)13-7-11(8-13)3-4-11/h9-10H,3-8,12H2,1-2H3. The van der Waals surface area contributed by atoms with Crippen LogP contribution >= 0.6 is 0 Å². The molecule has 1 aliphatic carbocycles. The SMILES string of the molecule is CC(C)CC(CN)N1CC2(CC2)C1. The second kappa shape index (κ2) is 3.25. The first-order valence-corrected chi connectivity index (χ1v) is 5.59. The van der Waals surface area contributed by atoms with Gasteiger partial charge in [0.05, 0.1) is 0 Å². The lowest BCUT2D eigenvalue weighted by Crippen LogP contribution is -2.56. The van der Waals surface area contributed by atoms with Crippen LogP contribution in [-0.2, 0) is 0 Å². The summed E-state index contributed by atoms with van der Waals surface area (Å²) >= 11 is 0. The Labute approximate surface area is 81.5 Å². The molecule has 2 rings (SSSR count). The molecule has 1 spiro atoms. The molecular formula is C11H22N2. The van der Waals surface area contributed by atoms with Crippen molar-refractivity contribution in [2.75, 3.05) is 19.6 Å². The summed E-state index contributed by atoms with van der Waals surface area (Å²) in [6, 6.07) is 0.659. The maximum atomic E-state index is 5.80. The fraction of sp³-hybridized carbons (Fsp3) is 1.00. The molecule has 2 N–H and O–H groups in total. The average Bonchev–Trinajstić information content (AvgIpc) is 2.76. The van der Waals surface area contributed by atoms with Gasteiger partial charge in [-0.1, -0.05) is 13.8 Å². The zero-order chi connectivity index (χ0) is 9.47. The van der Waals surface area contributed by atoms with Gasteiger partial charge >= 0.3 is 0 Å². The second-order valence-electron chi connectivity index (χ2n) is 5.42. The van der Waals surface area contributed by atoms with Gasteiger partial charge in [-0.2, -0.15) is 0 Å². The number of hydrogen-bond acceptors (Lipinski definition) is 2. The molecule has 2 nitrogen and oxygen atoms in total. The van der Waals surface area contributed by atoms with Crippen LogP contribution in [0.25, 0.3) is 0 Å². The highest BCUT2D eigenvalue weighted by molar-refractivity contribution is 5.06. The Kier molecular flexibility index (Phi) is 2.37. The van der Waals surface area contributed by atoms with E-state index in [-0.39, 0.29) is 0 Å². The molecule has 0 radical (unpaired) electrons. The first-order chi connectivity index (χ1) is 6.15. The van der Waals surface area contributed by atoms with Crippen molar-refractivity contribution in [1.29, 1.82) is 0 Å². The zero-order valence-corrected chi connectivity index (χ0v) is 8.92. The fourth-order valence-electron chi connectivity index (χ4n) is 2.51. The normalized spacial score (nSPS) is 27.7. The Morgan fingerprint density at radius 3 is 2.31 bits per heavy atom. The summed E-state index contributed by atoms with van der Waals surface area (Å²) in [6.45, 7) is 8.09. The Balaban J connectivity index is 1.77. The van der Waals surface area contributed by atoms with Crippen LogP contribution in [0, 0.1) is 11.3 Å². The third-order valence-corrected chi connectivity index (χ3v) is 3.57. The van der Waals surface area contributed by atoms with Gasteiger partial charge in [-0.3, -0.25) is 4.90 Å². The Hall–Kier alpha value is -0.0800. The number of likely N-dealkylation sites (tertiary alicyclic amines) is 1. The van der Waals surface area contributed by atoms with Gasteiger partial charge in [0.25, 0.3) is 0 Å². The minimum atomic E-state index is 0.659. The molecule has 1 saturated carbocycles. The molecule has 0 aromatic heterocycles. The summed E-state index contributed by atoms with van der Waals surface area (Å²) in [5.41, 5.74) is 6.58. The Morgan fingerprint density at radius 1 is 1.31 bits per heavy atom. The van der Waals surface area contributed by atoms with E-state index in [1.54, 1.807) is 0 Å². The molecule has 1 unspecified atom stereocenters. The van der Waals surface area contributed by atoms with Crippen molar-refractivity contribution in [2.45, 2.75) is 39.2 Å². The zero-order valence-electron chi connectivity index (χ0n) is 8.92. The molecule has 76 valence electrons. The van der Waals surface area contributed by atoms with E-state index in [9.17, 15) is 0 Å². The average molecular weight is 182 g/mol. The third-order valence-electron chi connectivity index (χ3n) is 3.57. The molecule has 0 aromatic carbocycles. The van der Waals surface area contributed by atoms with E-state index in [0.717, 1.165) is 17.9 Å². The molecule has 0 aromatic rings. The van der Waals surface area contributed by atoms with E-state index in [1.807, 2.05) is 0 Å². The molecular weight excluding hydrogens is 160 g/mol. The highest BCUT2D eigenvalue weighted by Crippen LogP contribution is 2.53. The maximum Gasteiger partial charge on any atom is 0.0221 e. The van der Waals surface area contributed by atoms with Crippen LogP contribution in [0.5, 0.6) is 0 Å². The first kappa shape index (κ1) is 9.47. The van der Waals surface area contributed by atoms with Gasteiger partial charge in [-0.15, -0.1) is 0 Å². The number of hydrogen-bond donors (Lipinski definition) is 1. The summed E-state index contributed by atoms with van der Waals surface area (Å²) in [4.78, 5) is 2.59. The topological polar surface area (TPSA) is 29.3 Å². The monoisotopic (exact) mass is 182 g/mol. The molecule has 2 fully saturated rings. The highest BCUT2D eigenvalue weighted by Gasteiger charge is 2.53. The summed E-state index contributed by atoms with van der Waals surface area (Å²) in [5.74, 6) is 0.782. The van der Waals surface area contributed by atoms with Crippen molar-refractivity contribution in [1.82, 2.24) is 4.90 Å². The van der Waals surface area contributed by atoms with Crippen LogP contribution in [0.3, 0.4) is 0 Å². The molecule has 1 heterocycles. The Bertz CT molecular complexity index is 177. The van der Waals surface area contributed by atoms with E-state index >= 15 is 0 Å². The minimum Gasteiger partial charge on any atom is -0.329 e. The molecule has 0 bridgehead atoms. The minimum absolute atomic E-state index is 0.659. The van der Waals surface area contributed by atoms with Crippen molar-refractivity contribution >= 4 is 0 Å². The quantitative estimate of drug-likeness (QED) is 0.713.